The molecule has 3 N–H and O–H groups in total. The van der Waals surface area contributed by atoms with Gasteiger partial charge in [-0.15, -0.1) is 0 Å². The molecular weight excluding hydrogens is 512 g/mol. The Labute approximate surface area is 236 Å². The molecule has 8 heteroatoms. The highest BCUT2D eigenvalue weighted by Gasteiger charge is 2.69. The minimum absolute atomic E-state index is 0.000709. The molecule has 1 aromatic rings. The minimum atomic E-state index is -0.889. The van der Waals surface area contributed by atoms with Crippen molar-refractivity contribution in [1.29, 1.82) is 0 Å². The van der Waals surface area contributed by atoms with Crippen LogP contribution in [-0.4, -0.2) is 45.1 Å². The van der Waals surface area contributed by atoms with Gasteiger partial charge in [0, 0.05) is 24.3 Å². The highest BCUT2D eigenvalue weighted by atomic mass is 16.5. The fourth-order valence-electron chi connectivity index (χ4n) is 9.64. The van der Waals surface area contributed by atoms with Crippen LogP contribution < -0.4 is 5.63 Å². The zero-order valence-electron chi connectivity index (χ0n) is 24.0. The minimum Gasteiger partial charge on any atom is -0.481 e. The zero-order valence-corrected chi connectivity index (χ0v) is 24.0. The predicted molar refractivity (Wildman–Crippen MR) is 148 cm³/mol. The van der Waals surface area contributed by atoms with Crippen LogP contribution >= 0.6 is 0 Å². The van der Waals surface area contributed by atoms with Crippen molar-refractivity contribution in [2.24, 2.45) is 28.6 Å². The molecule has 4 aliphatic carbocycles. The Bertz CT molecular complexity index is 1130. The standard InChI is InChI=1S/C32H46O8/c1-30-15-13-22(40-28(37)8-6-4-3-5-7-26(34)35)17-21(30)10-11-24-29(30)25(33)18-31(2)23(14-16-32(24,31)38)20-9-12-27(36)39-19-20/h9,12,19,21-25,29,33,38H,3-8,10-11,13-18H2,1-2H3,(H,34,35)/t21-,22+,23+,24-,25-,29-,30+,31-,32+/m1/s1. The lowest BCUT2D eigenvalue weighted by Gasteiger charge is -2.65. The average Bonchev–Trinajstić information content (AvgIpc) is 3.17. The third-order valence-corrected chi connectivity index (χ3v) is 11.7. The molecule has 1 aromatic heterocycles. The van der Waals surface area contributed by atoms with Crippen LogP contribution in [0.1, 0.15) is 115 Å². The van der Waals surface area contributed by atoms with Crippen LogP contribution in [-0.2, 0) is 14.3 Å². The van der Waals surface area contributed by atoms with Gasteiger partial charge in [0.1, 0.15) is 6.10 Å². The summed E-state index contributed by atoms with van der Waals surface area (Å²) in [6, 6.07) is 3.25. The van der Waals surface area contributed by atoms with Crippen molar-refractivity contribution in [2.75, 3.05) is 0 Å². The SMILES string of the molecule is C[C@]12CC[C@H](OC(=O)CCCCCCC(=O)O)C[C@H]1CC[C@@H]1[C@@H]2[C@H](O)C[C@]2(C)[C@H](c3ccc(=O)oc3)CC[C@]12O. The molecule has 4 aliphatic rings. The van der Waals surface area contributed by atoms with E-state index >= 15 is 0 Å². The van der Waals surface area contributed by atoms with Gasteiger partial charge in [0.05, 0.1) is 18.0 Å². The first-order valence-electron chi connectivity index (χ1n) is 15.4. The molecule has 222 valence electrons. The first-order valence-corrected chi connectivity index (χ1v) is 15.4. The van der Waals surface area contributed by atoms with Gasteiger partial charge in [-0.3, -0.25) is 9.59 Å². The second kappa shape index (κ2) is 11.2. The molecule has 0 amide bonds. The molecule has 9 atom stereocenters. The van der Waals surface area contributed by atoms with Crippen LogP contribution in [0.25, 0.3) is 0 Å². The van der Waals surface area contributed by atoms with E-state index in [4.69, 9.17) is 14.3 Å². The summed E-state index contributed by atoms with van der Waals surface area (Å²) in [5.74, 6) is -0.591. The lowest BCUT2D eigenvalue weighted by molar-refractivity contribution is -0.240. The van der Waals surface area contributed by atoms with Crippen LogP contribution in [0.2, 0.25) is 0 Å². The van der Waals surface area contributed by atoms with Crippen LogP contribution in [0.4, 0.5) is 0 Å². The van der Waals surface area contributed by atoms with Gasteiger partial charge in [-0.1, -0.05) is 26.7 Å². The van der Waals surface area contributed by atoms with Crippen molar-refractivity contribution in [1.82, 2.24) is 0 Å². The Balaban J connectivity index is 1.22. The zero-order chi connectivity index (χ0) is 28.7. The maximum atomic E-state index is 12.5. The Morgan fingerprint density at radius 3 is 2.48 bits per heavy atom. The number of esters is 1. The normalized spacial score (nSPS) is 40.5. The van der Waals surface area contributed by atoms with E-state index in [0.29, 0.717) is 31.6 Å². The van der Waals surface area contributed by atoms with Gasteiger partial charge < -0.3 is 24.5 Å². The maximum absolute atomic E-state index is 12.5. The van der Waals surface area contributed by atoms with E-state index in [9.17, 15) is 24.6 Å². The highest BCUT2D eigenvalue weighted by Crippen LogP contribution is 2.70. The van der Waals surface area contributed by atoms with Gasteiger partial charge in [-0.2, -0.15) is 0 Å². The summed E-state index contributed by atoms with van der Waals surface area (Å²) in [5.41, 5.74) is -0.974. The van der Waals surface area contributed by atoms with E-state index in [0.717, 1.165) is 63.4 Å². The second-order valence-corrected chi connectivity index (χ2v) is 13.7. The van der Waals surface area contributed by atoms with Gasteiger partial charge in [-0.05, 0) is 105 Å². The molecule has 4 saturated carbocycles. The second-order valence-electron chi connectivity index (χ2n) is 13.7. The van der Waals surface area contributed by atoms with Crippen LogP contribution in [0, 0.1) is 28.6 Å². The number of carboxylic acids is 1. The number of carbonyl (C=O) groups excluding carboxylic acids is 1. The summed E-state index contributed by atoms with van der Waals surface area (Å²) in [4.78, 5) is 34.7. The van der Waals surface area contributed by atoms with Crippen molar-refractivity contribution in [2.45, 2.75) is 127 Å². The highest BCUT2D eigenvalue weighted by molar-refractivity contribution is 5.69. The van der Waals surface area contributed by atoms with E-state index in [2.05, 4.69) is 13.8 Å². The van der Waals surface area contributed by atoms with E-state index in [-0.39, 0.29) is 47.3 Å². The number of rotatable bonds is 9. The van der Waals surface area contributed by atoms with E-state index < -0.39 is 23.1 Å². The van der Waals surface area contributed by atoms with E-state index in [1.54, 1.807) is 0 Å². The summed E-state index contributed by atoms with van der Waals surface area (Å²) in [6.45, 7) is 4.41. The number of hydrogen-bond donors (Lipinski definition) is 3. The number of aliphatic hydroxyl groups excluding tert-OH is 1. The van der Waals surface area contributed by atoms with Gasteiger partial charge in [0.2, 0.25) is 0 Å². The molecule has 0 aromatic carbocycles. The summed E-state index contributed by atoms with van der Waals surface area (Å²) >= 11 is 0. The lowest BCUT2D eigenvalue weighted by Crippen LogP contribution is -2.66. The quantitative estimate of drug-likeness (QED) is 0.279. The number of aliphatic hydroxyl groups is 2. The number of ether oxygens (including phenoxy) is 1. The number of carboxylic acid groups (broad SMARTS) is 1. The molecule has 4 fully saturated rings. The molecule has 1 heterocycles. The van der Waals surface area contributed by atoms with Crippen molar-refractivity contribution in [3.05, 3.63) is 34.4 Å². The molecule has 0 unspecified atom stereocenters. The van der Waals surface area contributed by atoms with Crippen molar-refractivity contribution in [3.8, 4) is 0 Å². The molecule has 5 rings (SSSR count). The molecule has 0 aliphatic heterocycles. The summed E-state index contributed by atoms with van der Waals surface area (Å²) < 4.78 is 11.1. The Morgan fingerprint density at radius 1 is 1.02 bits per heavy atom. The predicted octanol–water partition coefficient (Wildman–Crippen LogP) is 5.19. The van der Waals surface area contributed by atoms with E-state index in [1.807, 2.05) is 6.07 Å². The Hall–Kier alpha value is -2.19. The smallest absolute Gasteiger partial charge is 0.335 e. The fraction of sp³-hybridized carbons (Fsp3) is 0.781. The summed E-state index contributed by atoms with van der Waals surface area (Å²) in [7, 11) is 0. The molecule has 0 bridgehead atoms. The van der Waals surface area contributed by atoms with Gasteiger partial charge in [0.25, 0.3) is 0 Å². The topological polar surface area (TPSA) is 134 Å². The van der Waals surface area contributed by atoms with E-state index in [1.165, 1.54) is 12.3 Å². The van der Waals surface area contributed by atoms with Gasteiger partial charge in [0.15, 0.2) is 0 Å². The molecule has 8 nitrogen and oxygen atoms in total. The van der Waals surface area contributed by atoms with Crippen molar-refractivity contribution in [3.63, 3.8) is 0 Å². The average molecular weight is 559 g/mol. The fourth-order valence-corrected chi connectivity index (χ4v) is 9.64. The molecule has 40 heavy (non-hydrogen) atoms. The Kier molecular flexibility index (Phi) is 8.23. The number of fused-ring (bicyclic) bond motifs is 5. The number of carbonyl (C=O) groups is 2. The number of hydrogen-bond acceptors (Lipinski definition) is 7. The molecule has 0 spiro atoms. The first kappa shape index (κ1) is 29.3. The van der Waals surface area contributed by atoms with Crippen molar-refractivity contribution < 1.29 is 34.1 Å². The summed E-state index contributed by atoms with van der Waals surface area (Å²) in [6.07, 6.45) is 10.7. The largest absolute Gasteiger partial charge is 0.481 e. The van der Waals surface area contributed by atoms with Crippen LogP contribution in [0.5, 0.6) is 0 Å². The number of aliphatic carboxylic acids is 1. The van der Waals surface area contributed by atoms with Crippen LogP contribution in [0.15, 0.2) is 27.6 Å². The molecule has 0 radical (unpaired) electrons. The maximum Gasteiger partial charge on any atom is 0.335 e. The first-order chi connectivity index (χ1) is 19.0. The van der Waals surface area contributed by atoms with Crippen LogP contribution in [0.3, 0.4) is 0 Å². The molecule has 0 saturated heterocycles. The van der Waals surface area contributed by atoms with Crippen molar-refractivity contribution >= 4 is 11.9 Å². The lowest BCUT2D eigenvalue weighted by atomic mass is 9.42. The number of unbranched alkanes of at least 4 members (excludes halogenated alkanes) is 3. The van der Waals surface area contributed by atoms with Gasteiger partial charge >= 0.3 is 17.6 Å². The Morgan fingerprint density at radius 2 is 1.77 bits per heavy atom. The summed E-state index contributed by atoms with van der Waals surface area (Å²) in [5, 5.41) is 32.9. The monoisotopic (exact) mass is 558 g/mol. The third kappa shape index (κ3) is 5.15. The van der Waals surface area contributed by atoms with Gasteiger partial charge in [-0.25, -0.2) is 4.79 Å². The molecular formula is C32H46O8. The third-order valence-electron chi connectivity index (χ3n) is 11.7.